The largest absolute Gasteiger partial charge is 0.356 e. The third kappa shape index (κ3) is 4.77. The van der Waals surface area contributed by atoms with Crippen molar-refractivity contribution in [2.24, 2.45) is 0 Å². The number of carbonyl (C=O) groups excluding carboxylic acids is 1. The van der Waals surface area contributed by atoms with E-state index in [1.165, 1.54) is 0 Å². The Morgan fingerprint density at radius 3 is 2.73 bits per heavy atom. The molecule has 1 aliphatic heterocycles. The molecule has 0 saturated carbocycles. The maximum absolute atomic E-state index is 13.1. The molecule has 4 heterocycles. The zero-order valence-corrected chi connectivity index (χ0v) is 19.6. The highest BCUT2D eigenvalue weighted by atomic mass is 32.1. The van der Waals surface area contributed by atoms with Gasteiger partial charge in [-0.2, -0.15) is 10.2 Å². The Hall–Kier alpha value is -3.23. The first-order chi connectivity index (χ1) is 16.1. The third-order valence-corrected chi connectivity index (χ3v) is 7.10. The van der Waals surface area contributed by atoms with E-state index in [2.05, 4.69) is 50.1 Å². The molecule has 7 nitrogen and oxygen atoms in total. The Balaban J connectivity index is 1.32. The van der Waals surface area contributed by atoms with Gasteiger partial charge in [0.25, 0.3) is 0 Å². The number of piperidine rings is 1. The molecule has 1 saturated heterocycles. The lowest BCUT2D eigenvalue weighted by Crippen LogP contribution is -2.42. The number of thiazole rings is 1. The van der Waals surface area contributed by atoms with Crippen molar-refractivity contribution in [2.45, 2.75) is 25.3 Å². The van der Waals surface area contributed by atoms with Crippen LogP contribution in [0.2, 0.25) is 0 Å². The maximum Gasteiger partial charge on any atom is 0.169 e. The van der Waals surface area contributed by atoms with Gasteiger partial charge in [-0.05, 0) is 62.8 Å². The predicted molar refractivity (Wildman–Crippen MR) is 132 cm³/mol. The van der Waals surface area contributed by atoms with Crippen LogP contribution in [0.1, 0.15) is 28.9 Å². The number of pyridine rings is 1. The van der Waals surface area contributed by atoms with Gasteiger partial charge in [0.1, 0.15) is 5.82 Å². The van der Waals surface area contributed by atoms with Gasteiger partial charge in [-0.25, -0.2) is 4.98 Å². The third-order valence-electron chi connectivity index (χ3n) is 6.28. The summed E-state index contributed by atoms with van der Waals surface area (Å²) in [6, 6.07) is 12.3. The number of hydrogen-bond acceptors (Lipinski definition) is 8. The summed E-state index contributed by atoms with van der Waals surface area (Å²) in [7, 11) is 4.27. The molecule has 0 amide bonds. The van der Waals surface area contributed by atoms with Crippen molar-refractivity contribution in [3.63, 3.8) is 0 Å². The summed E-state index contributed by atoms with van der Waals surface area (Å²) in [6.45, 7) is 1.90. The van der Waals surface area contributed by atoms with Crippen molar-refractivity contribution in [1.29, 1.82) is 0 Å². The molecular weight excluding hydrogens is 432 g/mol. The van der Waals surface area contributed by atoms with E-state index >= 15 is 0 Å². The summed E-state index contributed by atoms with van der Waals surface area (Å²) in [5.74, 6) is 0.894. The van der Waals surface area contributed by atoms with Gasteiger partial charge in [-0.3, -0.25) is 9.78 Å². The first-order valence-electron chi connectivity index (χ1n) is 11.1. The Morgan fingerprint density at radius 1 is 1.12 bits per heavy atom. The second-order valence-electron chi connectivity index (χ2n) is 8.66. The van der Waals surface area contributed by atoms with E-state index in [1.807, 2.05) is 36.0 Å². The topological polar surface area (TPSA) is 75.1 Å². The van der Waals surface area contributed by atoms with E-state index in [9.17, 15) is 4.79 Å². The van der Waals surface area contributed by atoms with E-state index in [1.54, 1.807) is 23.6 Å². The average Bonchev–Trinajstić information content (AvgIpc) is 3.39. The number of fused-ring (bicyclic) bond motifs is 1. The van der Waals surface area contributed by atoms with Crippen LogP contribution in [0.15, 0.2) is 54.3 Å². The molecule has 0 radical (unpaired) electrons. The van der Waals surface area contributed by atoms with E-state index in [0.29, 0.717) is 17.3 Å². The molecule has 5 rings (SSSR count). The number of rotatable bonds is 6. The summed E-state index contributed by atoms with van der Waals surface area (Å²) in [5.41, 5.74) is 5.05. The number of anilines is 1. The van der Waals surface area contributed by atoms with Crippen molar-refractivity contribution < 1.29 is 4.79 Å². The first kappa shape index (κ1) is 21.6. The van der Waals surface area contributed by atoms with Crippen molar-refractivity contribution in [3.8, 4) is 10.4 Å². The fourth-order valence-corrected chi connectivity index (χ4v) is 4.95. The number of Topliss-reactive ketones (excluding diaryl/α,β-unsaturated/α-hetero) is 1. The van der Waals surface area contributed by atoms with Crippen LogP contribution in [-0.2, 0) is 6.42 Å². The number of carbonyl (C=O) groups is 1. The molecule has 168 valence electrons. The molecule has 3 aromatic heterocycles. The summed E-state index contributed by atoms with van der Waals surface area (Å²) in [4.78, 5) is 27.4. The molecule has 0 N–H and O–H groups in total. The number of aromatic nitrogens is 4. The minimum absolute atomic E-state index is 0.0223. The fraction of sp³-hybridized carbons (Fsp3) is 0.320. The summed E-state index contributed by atoms with van der Waals surface area (Å²) in [5, 5.41) is 9.58. The van der Waals surface area contributed by atoms with Crippen LogP contribution in [0.3, 0.4) is 0 Å². The standard InChI is InChI=1S/C25H26N6OS/c1-30(2)21-6-9-31(10-7-21)25-13-17(5-8-27-25)23(32)14-20-12-19-11-18(24-15-26-16-33-24)3-4-22(19)29-28-20/h3-5,8,11-13,15-16,21H,6-7,9-10,14H2,1-2H3. The van der Waals surface area contributed by atoms with Gasteiger partial charge in [0.2, 0.25) is 0 Å². The molecule has 4 aromatic rings. The molecule has 0 atom stereocenters. The molecule has 33 heavy (non-hydrogen) atoms. The Bertz CT molecular complexity index is 1270. The SMILES string of the molecule is CN(C)C1CCN(c2cc(C(=O)Cc3cc4cc(-c5cncs5)ccc4nn3)ccn2)CC1. The number of hydrogen-bond donors (Lipinski definition) is 0. The van der Waals surface area contributed by atoms with Gasteiger partial charge in [0.05, 0.1) is 28.0 Å². The minimum atomic E-state index is 0.0223. The van der Waals surface area contributed by atoms with Gasteiger partial charge in [-0.15, -0.1) is 11.3 Å². The second kappa shape index (κ2) is 9.33. The summed E-state index contributed by atoms with van der Waals surface area (Å²) < 4.78 is 0. The monoisotopic (exact) mass is 458 g/mol. The lowest BCUT2D eigenvalue weighted by Gasteiger charge is -2.35. The molecule has 1 aliphatic rings. The average molecular weight is 459 g/mol. The van der Waals surface area contributed by atoms with Crippen LogP contribution in [0.4, 0.5) is 5.82 Å². The number of ketones is 1. The minimum Gasteiger partial charge on any atom is -0.356 e. The molecular formula is C25H26N6OS. The van der Waals surface area contributed by atoms with E-state index in [4.69, 9.17) is 0 Å². The molecule has 0 aliphatic carbocycles. The van der Waals surface area contributed by atoms with Crippen LogP contribution >= 0.6 is 11.3 Å². The first-order valence-corrected chi connectivity index (χ1v) is 12.0. The summed E-state index contributed by atoms with van der Waals surface area (Å²) in [6.07, 6.45) is 5.99. The van der Waals surface area contributed by atoms with Crippen LogP contribution in [0, 0.1) is 0 Å². The fourth-order valence-electron chi connectivity index (χ4n) is 4.33. The van der Waals surface area contributed by atoms with Crippen molar-refractivity contribution in [2.75, 3.05) is 32.1 Å². The molecule has 0 spiro atoms. The van der Waals surface area contributed by atoms with E-state index in [-0.39, 0.29) is 12.2 Å². The zero-order valence-electron chi connectivity index (χ0n) is 18.8. The highest BCUT2D eigenvalue weighted by Crippen LogP contribution is 2.27. The van der Waals surface area contributed by atoms with Crippen LogP contribution < -0.4 is 4.90 Å². The molecule has 1 aromatic carbocycles. The van der Waals surface area contributed by atoms with Gasteiger partial charge in [0.15, 0.2) is 5.78 Å². The lowest BCUT2D eigenvalue weighted by atomic mass is 10.0. The smallest absolute Gasteiger partial charge is 0.169 e. The highest BCUT2D eigenvalue weighted by Gasteiger charge is 2.22. The number of benzene rings is 1. The Kier molecular flexibility index (Phi) is 6.11. The Morgan fingerprint density at radius 2 is 1.97 bits per heavy atom. The summed E-state index contributed by atoms with van der Waals surface area (Å²) >= 11 is 1.60. The quantitative estimate of drug-likeness (QED) is 0.403. The molecule has 1 fully saturated rings. The van der Waals surface area contributed by atoms with Crippen molar-refractivity contribution >= 4 is 33.8 Å². The maximum atomic E-state index is 13.1. The van der Waals surface area contributed by atoms with Crippen LogP contribution in [0.25, 0.3) is 21.3 Å². The van der Waals surface area contributed by atoms with Gasteiger partial charge < -0.3 is 9.80 Å². The highest BCUT2D eigenvalue weighted by molar-refractivity contribution is 7.13. The van der Waals surface area contributed by atoms with E-state index in [0.717, 1.165) is 53.1 Å². The van der Waals surface area contributed by atoms with Gasteiger partial charge in [0, 0.05) is 42.5 Å². The van der Waals surface area contributed by atoms with Crippen LogP contribution in [0.5, 0.6) is 0 Å². The Labute approximate surface area is 197 Å². The van der Waals surface area contributed by atoms with Gasteiger partial charge in [-0.1, -0.05) is 6.07 Å². The molecule has 0 unspecified atom stereocenters. The van der Waals surface area contributed by atoms with E-state index < -0.39 is 0 Å². The number of nitrogens with zero attached hydrogens (tertiary/aromatic N) is 6. The zero-order chi connectivity index (χ0) is 22.8. The van der Waals surface area contributed by atoms with Gasteiger partial charge >= 0.3 is 0 Å². The molecule has 0 bridgehead atoms. The van der Waals surface area contributed by atoms with Crippen LogP contribution in [-0.4, -0.2) is 64.1 Å². The van der Waals surface area contributed by atoms with Crippen molar-refractivity contribution in [3.05, 3.63) is 65.6 Å². The lowest BCUT2D eigenvalue weighted by molar-refractivity contribution is 0.0991. The second-order valence-corrected chi connectivity index (χ2v) is 9.55. The normalized spacial score (nSPS) is 14.8. The predicted octanol–water partition coefficient (Wildman–Crippen LogP) is 4.10. The molecule has 8 heteroatoms. The van der Waals surface area contributed by atoms with Crippen molar-refractivity contribution in [1.82, 2.24) is 25.1 Å².